The van der Waals surface area contributed by atoms with Gasteiger partial charge in [-0.25, -0.2) is 0 Å². The molecule has 0 amide bonds. The molecule has 19 heavy (non-hydrogen) atoms. The molecule has 0 spiro atoms. The second-order valence-corrected chi connectivity index (χ2v) is 5.90. The largest absolute Gasteiger partial charge is 0.317 e. The average Bonchev–Trinajstić information content (AvgIpc) is 2.42. The molecule has 0 radical (unpaired) electrons. The van der Waals surface area contributed by atoms with E-state index in [1.807, 2.05) is 0 Å². The molecule has 0 aromatic carbocycles. The predicted octanol–water partition coefficient (Wildman–Crippen LogP) is 3.87. The van der Waals surface area contributed by atoms with E-state index in [1.165, 1.54) is 77.5 Å². The molecule has 4 heteroatoms. The topological polar surface area (TPSA) is 15.3 Å². The SMILES string of the molecule is CCN(CCC1CCNCC1)C1CCCCC1.Cl.Cl. The van der Waals surface area contributed by atoms with Crippen LogP contribution in [-0.2, 0) is 0 Å². The quantitative estimate of drug-likeness (QED) is 0.829. The van der Waals surface area contributed by atoms with Crippen LogP contribution < -0.4 is 5.32 Å². The molecular weight excluding hydrogens is 279 g/mol. The smallest absolute Gasteiger partial charge is 0.00951 e. The molecule has 1 saturated carbocycles. The van der Waals surface area contributed by atoms with Crippen LogP contribution in [0.5, 0.6) is 0 Å². The molecule has 2 aliphatic rings. The van der Waals surface area contributed by atoms with Crippen LogP contribution >= 0.6 is 24.8 Å². The summed E-state index contributed by atoms with van der Waals surface area (Å²) in [5, 5.41) is 3.47. The lowest BCUT2D eigenvalue weighted by Gasteiger charge is -2.35. The van der Waals surface area contributed by atoms with Gasteiger partial charge in [0.1, 0.15) is 0 Å². The number of hydrogen-bond donors (Lipinski definition) is 1. The molecular formula is C15H32Cl2N2. The summed E-state index contributed by atoms with van der Waals surface area (Å²) in [6, 6.07) is 0.912. The zero-order chi connectivity index (χ0) is 11.9. The van der Waals surface area contributed by atoms with Gasteiger partial charge in [-0.05, 0) is 64.2 Å². The van der Waals surface area contributed by atoms with E-state index in [-0.39, 0.29) is 24.8 Å². The first-order valence-corrected chi connectivity index (χ1v) is 7.85. The Kier molecular flexibility index (Phi) is 11.5. The lowest BCUT2D eigenvalue weighted by atomic mass is 9.91. The van der Waals surface area contributed by atoms with Crippen molar-refractivity contribution in [3.05, 3.63) is 0 Å². The van der Waals surface area contributed by atoms with Crippen molar-refractivity contribution in [1.29, 1.82) is 0 Å². The van der Waals surface area contributed by atoms with E-state index in [4.69, 9.17) is 0 Å². The van der Waals surface area contributed by atoms with E-state index in [0.717, 1.165) is 12.0 Å². The first-order chi connectivity index (χ1) is 8.40. The Morgan fingerprint density at radius 3 is 2.16 bits per heavy atom. The third-order valence-electron chi connectivity index (χ3n) is 4.78. The van der Waals surface area contributed by atoms with Gasteiger partial charge in [-0.3, -0.25) is 0 Å². The molecule has 2 nitrogen and oxygen atoms in total. The first kappa shape index (κ1) is 19.5. The second-order valence-electron chi connectivity index (χ2n) is 5.90. The van der Waals surface area contributed by atoms with Crippen LogP contribution in [0, 0.1) is 5.92 Å². The zero-order valence-corrected chi connectivity index (χ0v) is 14.0. The molecule has 2 fully saturated rings. The molecule has 1 aliphatic carbocycles. The predicted molar refractivity (Wildman–Crippen MR) is 88.8 cm³/mol. The van der Waals surface area contributed by atoms with Crippen molar-refractivity contribution in [2.24, 2.45) is 5.92 Å². The van der Waals surface area contributed by atoms with Crippen molar-refractivity contribution >= 4 is 24.8 Å². The molecule has 2 rings (SSSR count). The summed E-state index contributed by atoms with van der Waals surface area (Å²) in [7, 11) is 0. The first-order valence-electron chi connectivity index (χ1n) is 7.85. The molecule has 0 atom stereocenters. The Morgan fingerprint density at radius 1 is 0.947 bits per heavy atom. The Bertz CT molecular complexity index is 202. The van der Waals surface area contributed by atoms with Crippen molar-refractivity contribution in [3.63, 3.8) is 0 Å². The van der Waals surface area contributed by atoms with E-state index in [1.54, 1.807) is 0 Å². The summed E-state index contributed by atoms with van der Waals surface area (Å²) in [5.74, 6) is 0.994. The fourth-order valence-electron chi connectivity index (χ4n) is 3.56. The normalized spacial score (nSPS) is 21.8. The Balaban J connectivity index is 0.00000162. The fourth-order valence-corrected chi connectivity index (χ4v) is 3.56. The number of piperidine rings is 1. The molecule has 1 N–H and O–H groups in total. The minimum absolute atomic E-state index is 0. The summed E-state index contributed by atoms with van der Waals surface area (Å²) in [6.45, 7) is 7.46. The van der Waals surface area contributed by atoms with Crippen LogP contribution in [0.2, 0.25) is 0 Å². The standard InChI is InChI=1S/C15H30N2.2ClH/c1-2-17(15-6-4-3-5-7-15)13-10-14-8-11-16-12-9-14;;/h14-16H,2-13H2,1H3;2*1H. The van der Waals surface area contributed by atoms with Crippen molar-refractivity contribution in [2.45, 2.75) is 64.3 Å². The molecule has 116 valence electrons. The Hall–Kier alpha value is 0.500. The summed E-state index contributed by atoms with van der Waals surface area (Å²) in [5.41, 5.74) is 0. The van der Waals surface area contributed by atoms with Crippen LogP contribution in [0.3, 0.4) is 0 Å². The second kappa shape index (κ2) is 11.2. The highest BCUT2D eigenvalue weighted by Crippen LogP contribution is 2.24. The average molecular weight is 311 g/mol. The minimum atomic E-state index is 0. The van der Waals surface area contributed by atoms with E-state index in [0.29, 0.717) is 0 Å². The van der Waals surface area contributed by atoms with Crippen molar-refractivity contribution in [2.75, 3.05) is 26.2 Å². The maximum absolute atomic E-state index is 3.47. The summed E-state index contributed by atoms with van der Waals surface area (Å²) < 4.78 is 0. The maximum Gasteiger partial charge on any atom is 0.00951 e. The van der Waals surface area contributed by atoms with Crippen LogP contribution in [0.1, 0.15) is 58.3 Å². The maximum atomic E-state index is 3.47. The van der Waals surface area contributed by atoms with Gasteiger partial charge in [-0.15, -0.1) is 24.8 Å². The highest BCUT2D eigenvalue weighted by molar-refractivity contribution is 5.85. The lowest BCUT2D eigenvalue weighted by Crippen LogP contribution is -2.38. The number of rotatable bonds is 5. The van der Waals surface area contributed by atoms with Crippen molar-refractivity contribution in [1.82, 2.24) is 10.2 Å². The van der Waals surface area contributed by atoms with E-state index in [2.05, 4.69) is 17.1 Å². The van der Waals surface area contributed by atoms with Crippen LogP contribution in [0.25, 0.3) is 0 Å². The Labute approximate surface area is 131 Å². The molecule has 0 aromatic heterocycles. The summed E-state index contributed by atoms with van der Waals surface area (Å²) >= 11 is 0. The van der Waals surface area contributed by atoms with E-state index < -0.39 is 0 Å². The molecule has 1 saturated heterocycles. The third kappa shape index (κ3) is 6.66. The van der Waals surface area contributed by atoms with Gasteiger partial charge in [0.15, 0.2) is 0 Å². The Morgan fingerprint density at radius 2 is 1.58 bits per heavy atom. The molecule has 1 heterocycles. The highest BCUT2D eigenvalue weighted by atomic mass is 35.5. The monoisotopic (exact) mass is 310 g/mol. The molecule has 0 aromatic rings. The number of nitrogens with one attached hydrogen (secondary N) is 1. The summed E-state index contributed by atoms with van der Waals surface area (Å²) in [6.07, 6.45) is 11.6. The molecule has 1 aliphatic heterocycles. The lowest BCUT2D eigenvalue weighted by molar-refractivity contribution is 0.149. The van der Waals surface area contributed by atoms with Crippen LogP contribution in [0.15, 0.2) is 0 Å². The van der Waals surface area contributed by atoms with Crippen LogP contribution in [0.4, 0.5) is 0 Å². The summed E-state index contributed by atoms with van der Waals surface area (Å²) in [4.78, 5) is 2.77. The number of nitrogens with zero attached hydrogens (tertiary/aromatic N) is 1. The number of halogens is 2. The van der Waals surface area contributed by atoms with E-state index in [9.17, 15) is 0 Å². The number of hydrogen-bond acceptors (Lipinski definition) is 2. The van der Waals surface area contributed by atoms with Gasteiger partial charge < -0.3 is 10.2 Å². The van der Waals surface area contributed by atoms with Gasteiger partial charge in [0.2, 0.25) is 0 Å². The van der Waals surface area contributed by atoms with Crippen LogP contribution in [-0.4, -0.2) is 37.1 Å². The zero-order valence-electron chi connectivity index (χ0n) is 12.4. The van der Waals surface area contributed by atoms with Gasteiger partial charge >= 0.3 is 0 Å². The minimum Gasteiger partial charge on any atom is -0.317 e. The van der Waals surface area contributed by atoms with Gasteiger partial charge in [0.05, 0.1) is 0 Å². The van der Waals surface area contributed by atoms with Gasteiger partial charge in [0.25, 0.3) is 0 Å². The highest BCUT2D eigenvalue weighted by Gasteiger charge is 2.21. The van der Waals surface area contributed by atoms with Gasteiger partial charge in [0, 0.05) is 6.04 Å². The third-order valence-corrected chi connectivity index (χ3v) is 4.78. The van der Waals surface area contributed by atoms with Crippen molar-refractivity contribution in [3.8, 4) is 0 Å². The van der Waals surface area contributed by atoms with Gasteiger partial charge in [-0.2, -0.15) is 0 Å². The fraction of sp³-hybridized carbons (Fsp3) is 1.00. The van der Waals surface area contributed by atoms with Gasteiger partial charge in [-0.1, -0.05) is 26.2 Å². The van der Waals surface area contributed by atoms with Crippen molar-refractivity contribution < 1.29 is 0 Å². The molecule has 0 unspecified atom stereocenters. The van der Waals surface area contributed by atoms with E-state index >= 15 is 0 Å². The molecule has 0 bridgehead atoms.